The maximum absolute atomic E-state index is 6.02. The Morgan fingerprint density at radius 2 is 2.05 bits per heavy atom. The van der Waals surface area contributed by atoms with Crippen molar-refractivity contribution in [3.05, 3.63) is 15.5 Å². The quantitative estimate of drug-likeness (QED) is 0.740. The molecule has 0 amide bonds. The van der Waals surface area contributed by atoms with Crippen LogP contribution in [0.1, 0.15) is 44.2 Å². The second-order valence-electron chi connectivity index (χ2n) is 7.58. The van der Waals surface area contributed by atoms with E-state index in [1.54, 1.807) is 0 Å². The summed E-state index contributed by atoms with van der Waals surface area (Å²) in [5.41, 5.74) is 1.96. The second kappa shape index (κ2) is 4.45. The van der Waals surface area contributed by atoms with E-state index in [4.69, 9.17) is 4.74 Å². The maximum Gasteiger partial charge on any atom is 0.0690 e. The number of nitrogens with zero attached hydrogens (tertiary/aromatic N) is 2. The van der Waals surface area contributed by atoms with Gasteiger partial charge in [-0.1, -0.05) is 0 Å². The monoisotopic (exact) mass is 386 g/mol. The van der Waals surface area contributed by atoms with E-state index < -0.39 is 0 Å². The average molecular weight is 386 g/mol. The van der Waals surface area contributed by atoms with Crippen LogP contribution < -0.4 is 0 Å². The van der Waals surface area contributed by atoms with Crippen LogP contribution in [0.4, 0.5) is 0 Å². The van der Waals surface area contributed by atoms with Gasteiger partial charge < -0.3 is 4.74 Å². The number of aromatic nitrogens is 2. The molecule has 4 bridgehead atoms. The Morgan fingerprint density at radius 3 is 2.60 bits per heavy atom. The van der Waals surface area contributed by atoms with Gasteiger partial charge in [-0.3, -0.25) is 4.68 Å². The normalized spacial score (nSPS) is 42.4. The van der Waals surface area contributed by atoms with Gasteiger partial charge in [0.1, 0.15) is 0 Å². The zero-order valence-corrected chi connectivity index (χ0v) is 14.5. The first-order valence-electron chi connectivity index (χ1n) is 7.76. The van der Waals surface area contributed by atoms with E-state index >= 15 is 0 Å². The summed E-state index contributed by atoms with van der Waals surface area (Å²) in [4.78, 5) is 0. The van der Waals surface area contributed by atoms with Crippen LogP contribution in [0.25, 0.3) is 0 Å². The van der Waals surface area contributed by atoms with Crippen LogP contribution in [-0.2, 0) is 11.3 Å². The number of hydrogen-bond acceptors (Lipinski definition) is 2. The van der Waals surface area contributed by atoms with Gasteiger partial charge in [0.2, 0.25) is 0 Å². The van der Waals surface area contributed by atoms with Crippen molar-refractivity contribution >= 4 is 22.6 Å². The van der Waals surface area contributed by atoms with Crippen molar-refractivity contribution in [3.8, 4) is 0 Å². The summed E-state index contributed by atoms with van der Waals surface area (Å²) in [7, 11) is 1.93. The van der Waals surface area contributed by atoms with Crippen LogP contribution in [0.2, 0.25) is 0 Å². The molecule has 4 aliphatic carbocycles. The predicted molar refractivity (Wildman–Crippen MR) is 86.5 cm³/mol. The maximum atomic E-state index is 6.02. The summed E-state index contributed by atoms with van der Waals surface area (Å²) in [6, 6.07) is 0. The van der Waals surface area contributed by atoms with Gasteiger partial charge in [0, 0.05) is 19.3 Å². The van der Waals surface area contributed by atoms with Gasteiger partial charge >= 0.3 is 0 Å². The standard InChI is InChI=1S/C16H23IN2O/c1-11-14(17)8-18-19(11)10-15-4-12-3-13(5-15)7-16(6-12,9-15)20-2/h8,12-13H,3-7,9-10H2,1-2H3. The summed E-state index contributed by atoms with van der Waals surface area (Å²) in [5.74, 6) is 1.79. The molecule has 4 heteroatoms. The lowest BCUT2D eigenvalue weighted by Gasteiger charge is -2.61. The van der Waals surface area contributed by atoms with Gasteiger partial charge in [0.15, 0.2) is 0 Å². The van der Waals surface area contributed by atoms with Crippen molar-refractivity contribution in [1.82, 2.24) is 9.78 Å². The highest BCUT2D eigenvalue weighted by molar-refractivity contribution is 14.1. The van der Waals surface area contributed by atoms with Crippen molar-refractivity contribution in [2.75, 3.05) is 7.11 Å². The summed E-state index contributed by atoms with van der Waals surface area (Å²) < 4.78 is 9.55. The lowest BCUT2D eigenvalue weighted by molar-refractivity contribution is -0.184. The third-order valence-corrected chi connectivity index (χ3v) is 7.15. The molecule has 110 valence electrons. The molecule has 2 atom stereocenters. The fraction of sp³-hybridized carbons (Fsp3) is 0.812. The first-order valence-corrected chi connectivity index (χ1v) is 8.84. The summed E-state index contributed by atoms with van der Waals surface area (Å²) in [5, 5.41) is 4.61. The van der Waals surface area contributed by atoms with Gasteiger partial charge in [-0.15, -0.1) is 0 Å². The molecule has 4 fully saturated rings. The predicted octanol–water partition coefficient (Wildman–Crippen LogP) is 3.78. The van der Waals surface area contributed by atoms with Crippen molar-refractivity contribution in [1.29, 1.82) is 0 Å². The molecule has 20 heavy (non-hydrogen) atoms. The Kier molecular flexibility index (Phi) is 3.01. The van der Waals surface area contributed by atoms with Crippen molar-refractivity contribution in [2.45, 2.75) is 57.6 Å². The molecule has 0 saturated heterocycles. The van der Waals surface area contributed by atoms with Crippen LogP contribution in [0.15, 0.2) is 6.20 Å². The third kappa shape index (κ3) is 1.97. The molecule has 4 saturated carbocycles. The zero-order valence-electron chi connectivity index (χ0n) is 12.4. The van der Waals surface area contributed by atoms with Gasteiger partial charge in [-0.2, -0.15) is 5.10 Å². The Morgan fingerprint density at radius 1 is 1.35 bits per heavy atom. The van der Waals surface area contributed by atoms with Gasteiger partial charge in [-0.25, -0.2) is 0 Å². The molecule has 1 heterocycles. The first-order chi connectivity index (χ1) is 9.53. The SMILES string of the molecule is COC12CC3CC(CC(Cn4ncc(I)c4C)(C3)C1)C2. The molecule has 1 aromatic rings. The van der Waals surface area contributed by atoms with Gasteiger partial charge in [0.25, 0.3) is 0 Å². The van der Waals surface area contributed by atoms with Gasteiger partial charge in [0.05, 0.1) is 15.4 Å². The van der Waals surface area contributed by atoms with Crippen LogP contribution in [0, 0.1) is 27.7 Å². The molecule has 2 unspecified atom stereocenters. The Labute approximate surface area is 134 Å². The highest BCUT2D eigenvalue weighted by atomic mass is 127. The molecule has 0 aromatic carbocycles. The number of methoxy groups -OCH3 is 1. The fourth-order valence-corrected chi connectivity index (χ4v) is 6.09. The molecular formula is C16H23IN2O. The second-order valence-corrected chi connectivity index (χ2v) is 8.75. The van der Waals surface area contributed by atoms with E-state index in [9.17, 15) is 0 Å². The van der Waals surface area contributed by atoms with Crippen LogP contribution in [0.3, 0.4) is 0 Å². The molecule has 1 aromatic heterocycles. The van der Waals surface area contributed by atoms with Crippen molar-refractivity contribution < 1.29 is 4.74 Å². The van der Waals surface area contributed by atoms with E-state index in [0.29, 0.717) is 5.41 Å². The highest BCUT2D eigenvalue weighted by Crippen LogP contribution is 2.63. The average Bonchev–Trinajstić information content (AvgIpc) is 2.69. The van der Waals surface area contributed by atoms with Crippen LogP contribution in [-0.4, -0.2) is 22.5 Å². The van der Waals surface area contributed by atoms with Crippen molar-refractivity contribution in [2.24, 2.45) is 17.3 Å². The molecule has 0 N–H and O–H groups in total. The molecule has 5 rings (SSSR count). The number of hydrogen-bond donors (Lipinski definition) is 0. The Balaban J connectivity index is 1.65. The lowest BCUT2D eigenvalue weighted by atomic mass is 9.48. The molecule has 0 radical (unpaired) electrons. The summed E-state index contributed by atoms with van der Waals surface area (Å²) >= 11 is 2.39. The van der Waals surface area contributed by atoms with E-state index in [2.05, 4.69) is 39.3 Å². The molecule has 3 nitrogen and oxygen atoms in total. The molecule has 0 spiro atoms. The molecule has 0 aliphatic heterocycles. The van der Waals surface area contributed by atoms with E-state index in [1.165, 1.54) is 47.8 Å². The van der Waals surface area contributed by atoms with E-state index in [-0.39, 0.29) is 5.60 Å². The van der Waals surface area contributed by atoms with Crippen LogP contribution in [0.5, 0.6) is 0 Å². The minimum atomic E-state index is 0.193. The first kappa shape index (κ1) is 13.6. The highest BCUT2D eigenvalue weighted by Gasteiger charge is 2.58. The molecule has 4 aliphatic rings. The molecular weight excluding hydrogens is 363 g/mol. The fourth-order valence-electron chi connectivity index (χ4n) is 5.69. The largest absolute Gasteiger partial charge is 0.378 e. The van der Waals surface area contributed by atoms with Gasteiger partial charge in [-0.05, 0) is 85.3 Å². The van der Waals surface area contributed by atoms with Crippen LogP contribution >= 0.6 is 22.6 Å². The summed E-state index contributed by atoms with van der Waals surface area (Å²) in [6.45, 7) is 3.29. The van der Waals surface area contributed by atoms with E-state index in [1.807, 2.05) is 13.3 Å². The number of ether oxygens (including phenoxy) is 1. The smallest absolute Gasteiger partial charge is 0.0690 e. The topological polar surface area (TPSA) is 27.1 Å². The lowest BCUT2D eigenvalue weighted by Crippen LogP contribution is -2.57. The van der Waals surface area contributed by atoms with E-state index in [0.717, 1.165) is 18.4 Å². The van der Waals surface area contributed by atoms with Crippen molar-refractivity contribution in [3.63, 3.8) is 0 Å². The number of halogens is 1. The summed E-state index contributed by atoms with van der Waals surface area (Å²) in [6.07, 6.45) is 10.1. The minimum absolute atomic E-state index is 0.193. The minimum Gasteiger partial charge on any atom is -0.378 e. The third-order valence-electron chi connectivity index (χ3n) is 6.09. The Bertz CT molecular complexity index is 525. The Hall–Kier alpha value is -0.100. The number of rotatable bonds is 3. The zero-order chi connectivity index (χ0) is 14.0.